The van der Waals surface area contributed by atoms with Gasteiger partial charge in [0.05, 0.1) is 6.26 Å². The topological polar surface area (TPSA) is 9.23 Å². The van der Waals surface area contributed by atoms with Gasteiger partial charge in [0.25, 0.3) is 6.43 Å². The van der Waals surface area contributed by atoms with Crippen LogP contribution in [0.15, 0.2) is 42.7 Å². The summed E-state index contributed by atoms with van der Waals surface area (Å²) in [5.74, 6) is -1.84. The van der Waals surface area contributed by atoms with Crippen molar-refractivity contribution >= 4 is 0 Å². The molecule has 1 saturated carbocycles. The second-order valence-corrected chi connectivity index (χ2v) is 8.53. The molecule has 0 N–H and O–H groups in total. The number of hydrogen-bond donors (Lipinski definition) is 0. The van der Waals surface area contributed by atoms with Crippen LogP contribution in [-0.2, 0) is 12.8 Å². The fourth-order valence-electron chi connectivity index (χ4n) is 4.53. The molecule has 2 aromatic carbocycles. The second-order valence-electron chi connectivity index (χ2n) is 8.53. The van der Waals surface area contributed by atoms with Crippen molar-refractivity contribution in [2.24, 2.45) is 5.92 Å². The van der Waals surface area contributed by atoms with Crippen molar-refractivity contribution in [1.82, 2.24) is 0 Å². The Hall–Kier alpha value is -2.37. The molecule has 1 fully saturated rings. The Morgan fingerprint density at radius 1 is 0.938 bits per heavy atom. The predicted octanol–water partition coefficient (Wildman–Crippen LogP) is 8.12. The summed E-state index contributed by atoms with van der Waals surface area (Å²) < 4.78 is 71.7. The van der Waals surface area contributed by atoms with Gasteiger partial charge < -0.3 is 4.74 Å². The number of aryl methyl sites for hydroxylation is 2. The number of allylic oxidation sites excluding steroid dienone is 1. The van der Waals surface area contributed by atoms with E-state index in [-0.39, 0.29) is 12.2 Å². The maximum Gasteiger partial charge on any atom is 0.260 e. The summed E-state index contributed by atoms with van der Waals surface area (Å²) in [6.07, 6.45) is 5.71. The van der Waals surface area contributed by atoms with Gasteiger partial charge >= 0.3 is 0 Å². The first-order valence-corrected chi connectivity index (χ1v) is 11.2. The molecule has 2 aromatic rings. The minimum atomic E-state index is -2.78. The SMILES string of the molecule is CCCC1CCC(c2ccc(CCc3cc(F)c(O/C=C/C(F)F)c(F)c3)c(F)c2)CC1. The Balaban J connectivity index is 1.60. The minimum absolute atomic E-state index is 0.236. The van der Waals surface area contributed by atoms with Crippen LogP contribution in [0.25, 0.3) is 0 Å². The summed E-state index contributed by atoms with van der Waals surface area (Å²) in [6, 6.07) is 7.50. The molecule has 32 heavy (non-hydrogen) atoms. The molecule has 0 bridgehead atoms. The zero-order valence-corrected chi connectivity index (χ0v) is 18.2. The van der Waals surface area contributed by atoms with E-state index in [1.807, 2.05) is 6.07 Å². The van der Waals surface area contributed by atoms with Crippen molar-refractivity contribution in [3.8, 4) is 5.75 Å². The number of hydrogen-bond acceptors (Lipinski definition) is 1. The molecule has 0 heterocycles. The van der Waals surface area contributed by atoms with Gasteiger partial charge in [-0.3, -0.25) is 0 Å². The molecule has 0 aliphatic heterocycles. The van der Waals surface area contributed by atoms with Gasteiger partial charge in [-0.1, -0.05) is 31.9 Å². The monoisotopic (exact) mass is 452 g/mol. The largest absolute Gasteiger partial charge is 0.459 e. The fourth-order valence-corrected chi connectivity index (χ4v) is 4.53. The smallest absolute Gasteiger partial charge is 0.260 e. The van der Waals surface area contributed by atoms with Gasteiger partial charge in [-0.15, -0.1) is 0 Å². The molecule has 1 aliphatic carbocycles. The van der Waals surface area contributed by atoms with E-state index in [1.54, 1.807) is 12.1 Å². The zero-order valence-electron chi connectivity index (χ0n) is 18.2. The maximum absolute atomic E-state index is 14.7. The Morgan fingerprint density at radius 2 is 1.62 bits per heavy atom. The molecule has 6 heteroatoms. The molecule has 0 atom stereocenters. The average molecular weight is 453 g/mol. The lowest BCUT2D eigenvalue weighted by atomic mass is 9.77. The molecular formula is C26H29F5O. The highest BCUT2D eigenvalue weighted by Crippen LogP contribution is 2.38. The van der Waals surface area contributed by atoms with Gasteiger partial charge in [0, 0.05) is 6.08 Å². The van der Waals surface area contributed by atoms with Crippen LogP contribution < -0.4 is 4.74 Å². The van der Waals surface area contributed by atoms with E-state index in [0.29, 0.717) is 35.8 Å². The van der Waals surface area contributed by atoms with Gasteiger partial charge in [0.2, 0.25) is 0 Å². The highest BCUT2D eigenvalue weighted by Gasteiger charge is 2.22. The summed E-state index contributed by atoms with van der Waals surface area (Å²) in [6.45, 7) is 2.21. The summed E-state index contributed by atoms with van der Waals surface area (Å²) in [5.41, 5.74) is 1.86. The molecule has 174 valence electrons. The zero-order chi connectivity index (χ0) is 23.1. The van der Waals surface area contributed by atoms with Crippen molar-refractivity contribution < 1.29 is 26.7 Å². The van der Waals surface area contributed by atoms with Crippen LogP contribution in [0.2, 0.25) is 0 Å². The quantitative estimate of drug-likeness (QED) is 0.276. The van der Waals surface area contributed by atoms with Crippen LogP contribution in [-0.4, -0.2) is 6.43 Å². The standard InChI is InChI=1S/C26H29F5O/c1-2-3-17-4-7-19(8-5-17)21-11-10-20(22(27)16-21)9-6-18-14-23(28)26(24(29)15-18)32-13-12-25(30)31/h10-17,19,25H,2-9H2,1H3/b13-12+. The Kier molecular flexibility index (Phi) is 8.71. The lowest BCUT2D eigenvalue weighted by molar-refractivity contribution is 0.200. The van der Waals surface area contributed by atoms with E-state index in [4.69, 9.17) is 0 Å². The molecule has 0 aromatic heterocycles. The highest BCUT2D eigenvalue weighted by atomic mass is 19.3. The van der Waals surface area contributed by atoms with Crippen molar-refractivity contribution in [3.05, 3.63) is 76.8 Å². The van der Waals surface area contributed by atoms with Crippen LogP contribution in [0.1, 0.15) is 68.1 Å². The van der Waals surface area contributed by atoms with E-state index >= 15 is 0 Å². The lowest BCUT2D eigenvalue weighted by Gasteiger charge is -2.28. The van der Waals surface area contributed by atoms with E-state index < -0.39 is 23.8 Å². The highest BCUT2D eigenvalue weighted by molar-refractivity contribution is 5.33. The number of ether oxygens (including phenoxy) is 1. The summed E-state index contributed by atoms with van der Waals surface area (Å²) in [4.78, 5) is 0. The van der Waals surface area contributed by atoms with Gasteiger partial charge in [0.15, 0.2) is 17.4 Å². The first-order chi connectivity index (χ1) is 15.4. The van der Waals surface area contributed by atoms with E-state index in [2.05, 4.69) is 11.7 Å². The number of rotatable bonds is 9. The van der Waals surface area contributed by atoms with E-state index in [9.17, 15) is 22.0 Å². The molecule has 0 unspecified atom stereocenters. The van der Waals surface area contributed by atoms with Crippen LogP contribution in [0.3, 0.4) is 0 Å². The van der Waals surface area contributed by atoms with Crippen molar-refractivity contribution in [3.63, 3.8) is 0 Å². The summed E-state index contributed by atoms with van der Waals surface area (Å²) in [5, 5.41) is 0. The predicted molar refractivity (Wildman–Crippen MR) is 116 cm³/mol. The second kappa shape index (κ2) is 11.5. The third-order valence-electron chi connectivity index (χ3n) is 6.24. The molecule has 0 amide bonds. The van der Waals surface area contributed by atoms with Crippen LogP contribution >= 0.6 is 0 Å². The molecule has 0 spiro atoms. The number of benzene rings is 2. The normalized spacial score (nSPS) is 19.1. The van der Waals surface area contributed by atoms with Crippen molar-refractivity contribution in [1.29, 1.82) is 0 Å². The Labute approximate surface area is 186 Å². The Bertz CT molecular complexity index is 893. The molecule has 0 saturated heterocycles. The third kappa shape index (κ3) is 6.57. The molecule has 3 rings (SSSR count). The van der Waals surface area contributed by atoms with Crippen LogP contribution in [0.5, 0.6) is 5.75 Å². The van der Waals surface area contributed by atoms with Crippen molar-refractivity contribution in [2.45, 2.75) is 70.6 Å². The first-order valence-electron chi connectivity index (χ1n) is 11.2. The number of halogens is 5. The number of alkyl halides is 2. The van der Waals surface area contributed by atoms with Gasteiger partial charge in [-0.25, -0.2) is 22.0 Å². The summed E-state index contributed by atoms with van der Waals surface area (Å²) >= 11 is 0. The average Bonchev–Trinajstić information content (AvgIpc) is 2.75. The molecule has 1 nitrogen and oxygen atoms in total. The van der Waals surface area contributed by atoms with Crippen molar-refractivity contribution in [2.75, 3.05) is 0 Å². The van der Waals surface area contributed by atoms with Gasteiger partial charge in [0.1, 0.15) is 5.82 Å². The van der Waals surface area contributed by atoms with E-state index in [0.717, 1.165) is 36.5 Å². The van der Waals surface area contributed by atoms with E-state index in [1.165, 1.54) is 25.7 Å². The molecular weight excluding hydrogens is 423 g/mol. The molecule has 0 radical (unpaired) electrons. The third-order valence-corrected chi connectivity index (χ3v) is 6.24. The lowest BCUT2D eigenvalue weighted by Crippen LogP contribution is -2.13. The maximum atomic E-state index is 14.7. The first kappa shape index (κ1) is 24.3. The Morgan fingerprint density at radius 3 is 2.22 bits per heavy atom. The summed E-state index contributed by atoms with van der Waals surface area (Å²) in [7, 11) is 0. The minimum Gasteiger partial charge on any atom is -0.459 e. The van der Waals surface area contributed by atoms with Crippen LogP contribution in [0, 0.1) is 23.4 Å². The van der Waals surface area contributed by atoms with Gasteiger partial charge in [-0.05, 0) is 85.3 Å². The molecule has 1 aliphatic rings. The fraction of sp³-hybridized carbons (Fsp3) is 0.462. The van der Waals surface area contributed by atoms with Crippen LogP contribution in [0.4, 0.5) is 22.0 Å². The van der Waals surface area contributed by atoms with Gasteiger partial charge in [-0.2, -0.15) is 0 Å².